The van der Waals surface area contributed by atoms with Gasteiger partial charge in [0.25, 0.3) is 0 Å². The summed E-state index contributed by atoms with van der Waals surface area (Å²) in [5, 5.41) is 6.45. The quantitative estimate of drug-likeness (QED) is 0.890. The molecule has 1 atom stereocenters. The number of hydrogen-bond acceptors (Lipinski definition) is 4. The van der Waals surface area contributed by atoms with Gasteiger partial charge in [-0.05, 0) is 38.4 Å². The van der Waals surface area contributed by atoms with Crippen molar-refractivity contribution in [2.45, 2.75) is 44.8 Å². The van der Waals surface area contributed by atoms with Crippen LogP contribution < -0.4 is 5.32 Å². The van der Waals surface area contributed by atoms with Gasteiger partial charge in [0.1, 0.15) is 0 Å². The average Bonchev–Trinajstić information content (AvgIpc) is 2.97. The lowest BCUT2D eigenvalue weighted by atomic mass is 10.1. The lowest BCUT2D eigenvalue weighted by Crippen LogP contribution is -2.23. The molecule has 0 spiro atoms. The number of carbonyl (C=O) groups excluding carboxylic acids is 1. The third kappa shape index (κ3) is 3.77. The van der Waals surface area contributed by atoms with Crippen LogP contribution in [-0.2, 0) is 4.79 Å². The molecule has 1 saturated carbocycles. The molecular weight excluding hydrogens is 248 g/mol. The molecule has 2 rings (SSSR count). The van der Waals surface area contributed by atoms with Crippen LogP contribution in [0.2, 0.25) is 0 Å². The SMILES string of the molecule is Cc1cc(NC(=O)[C@@H](C)SCC2CCCC2)on1. The molecule has 1 aliphatic carbocycles. The highest BCUT2D eigenvalue weighted by Crippen LogP contribution is 2.29. The van der Waals surface area contributed by atoms with E-state index < -0.39 is 0 Å². The molecule has 0 radical (unpaired) electrons. The van der Waals surface area contributed by atoms with E-state index in [0.717, 1.165) is 17.4 Å². The predicted octanol–water partition coefficient (Wildman–Crippen LogP) is 3.23. The first-order chi connectivity index (χ1) is 8.65. The highest BCUT2D eigenvalue weighted by molar-refractivity contribution is 8.00. The van der Waals surface area contributed by atoms with Gasteiger partial charge in [0.15, 0.2) is 0 Å². The fourth-order valence-electron chi connectivity index (χ4n) is 2.18. The molecule has 18 heavy (non-hydrogen) atoms. The number of thioether (sulfide) groups is 1. The molecule has 0 unspecified atom stereocenters. The Morgan fingerprint density at radius 3 is 2.94 bits per heavy atom. The summed E-state index contributed by atoms with van der Waals surface area (Å²) in [6.45, 7) is 3.77. The van der Waals surface area contributed by atoms with Gasteiger partial charge >= 0.3 is 0 Å². The van der Waals surface area contributed by atoms with Crippen LogP contribution in [0.25, 0.3) is 0 Å². The van der Waals surface area contributed by atoms with Gasteiger partial charge in [0, 0.05) is 6.07 Å². The number of rotatable bonds is 5. The Morgan fingerprint density at radius 1 is 1.61 bits per heavy atom. The third-order valence-electron chi connectivity index (χ3n) is 3.30. The zero-order chi connectivity index (χ0) is 13.0. The lowest BCUT2D eigenvalue weighted by Gasteiger charge is -2.13. The highest BCUT2D eigenvalue weighted by atomic mass is 32.2. The van der Waals surface area contributed by atoms with Crippen molar-refractivity contribution in [2.75, 3.05) is 11.1 Å². The highest BCUT2D eigenvalue weighted by Gasteiger charge is 2.20. The van der Waals surface area contributed by atoms with E-state index >= 15 is 0 Å². The van der Waals surface area contributed by atoms with E-state index in [9.17, 15) is 4.79 Å². The van der Waals surface area contributed by atoms with E-state index in [4.69, 9.17) is 4.52 Å². The summed E-state index contributed by atoms with van der Waals surface area (Å²) in [5.74, 6) is 2.32. The van der Waals surface area contributed by atoms with Gasteiger partial charge in [-0.15, -0.1) is 11.8 Å². The summed E-state index contributed by atoms with van der Waals surface area (Å²) in [7, 11) is 0. The van der Waals surface area contributed by atoms with Gasteiger partial charge in [0.05, 0.1) is 10.9 Å². The Morgan fingerprint density at radius 2 is 2.33 bits per heavy atom. The maximum Gasteiger partial charge on any atom is 0.239 e. The van der Waals surface area contributed by atoms with Gasteiger partial charge in [-0.3, -0.25) is 10.1 Å². The van der Waals surface area contributed by atoms with Crippen LogP contribution in [0.5, 0.6) is 0 Å². The van der Waals surface area contributed by atoms with Gasteiger partial charge in [-0.2, -0.15) is 0 Å². The number of aromatic nitrogens is 1. The Kier molecular flexibility index (Phi) is 4.69. The normalized spacial score (nSPS) is 17.9. The lowest BCUT2D eigenvalue weighted by molar-refractivity contribution is -0.115. The van der Waals surface area contributed by atoms with E-state index in [1.54, 1.807) is 17.8 Å². The molecule has 1 amide bonds. The minimum absolute atomic E-state index is 0.00542. The van der Waals surface area contributed by atoms with Gasteiger partial charge < -0.3 is 4.52 Å². The Hall–Kier alpha value is -0.970. The molecule has 1 aliphatic rings. The zero-order valence-electron chi connectivity index (χ0n) is 10.9. The molecule has 5 heteroatoms. The molecule has 0 saturated heterocycles. The zero-order valence-corrected chi connectivity index (χ0v) is 11.8. The van der Waals surface area contributed by atoms with Crippen molar-refractivity contribution in [1.82, 2.24) is 5.16 Å². The van der Waals surface area contributed by atoms with Crippen LogP contribution in [0.15, 0.2) is 10.6 Å². The molecule has 1 aromatic heterocycles. The van der Waals surface area contributed by atoms with Gasteiger partial charge in [-0.25, -0.2) is 0 Å². The smallest absolute Gasteiger partial charge is 0.239 e. The molecule has 1 heterocycles. The number of anilines is 1. The first-order valence-corrected chi connectivity index (χ1v) is 7.56. The summed E-state index contributed by atoms with van der Waals surface area (Å²) in [4.78, 5) is 11.9. The van der Waals surface area contributed by atoms with E-state index in [2.05, 4.69) is 10.5 Å². The summed E-state index contributed by atoms with van der Waals surface area (Å²) in [5.41, 5.74) is 0.775. The number of nitrogens with one attached hydrogen (secondary N) is 1. The van der Waals surface area contributed by atoms with Crippen LogP contribution in [0.1, 0.15) is 38.3 Å². The first kappa shape index (κ1) is 13.5. The van der Waals surface area contributed by atoms with E-state index in [-0.39, 0.29) is 11.2 Å². The second-order valence-corrected chi connectivity index (χ2v) is 6.32. The van der Waals surface area contributed by atoms with Crippen LogP contribution >= 0.6 is 11.8 Å². The van der Waals surface area contributed by atoms with Crippen molar-refractivity contribution in [3.63, 3.8) is 0 Å². The first-order valence-electron chi connectivity index (χ1n) is 6.51. The Bertz CT molecular complexity index is 399. The van der Waals surface area contributed by atoms with Crippen molar-refractivity contribution >= 4 is 23.6 Å². The molecule has 0 bridgehead atoms. The number of carbonyl (C=O) groups is 1. The topological polar surface area (TPSA) is 55.1 Å². The number of hydrogen-bond donors (Lipinski definition) is 1. The van der Waals surface area contributed by atoms with E-state index in [1.807, 2.05) is 13.8 Å². The van der Waals surface area contributed by atoms with Gasteiger partial charge in [0.2, 0.25) is 11.8 Å². The minimum atomic E-state index is -0.0454. The van der Waals surface area contributed by atoms with Crippen molar-refractivity contribution in [1.29, 1.82) is 0 Å². The van der Waals surface area contributed by atoms with Crippen molar-refractivity contribution in [3.8, 4) is 0 Å². The number of amides is 1. The Labute approximate surface area is 112 Å². The Balaban J connectivity index is 1.74. The summed E-state index contributed by atoms with van der Waals surface area (Å²) in [6.07, 6.45) is 5.34. The molecule has 0 aliphatic heterocycles. The average molecular weight is 268 g/mol. The largest absolute Gasteiger partial charge is 0.338 e. The van der Waals surface area contributed by atoms with E-state index in [0.29, 0.717) is 5.88 Å². The van der Waals surface area contributed by atoms with Gasteiger partial charge in [-0.1, -0.05) is 18.0 Å². The van der Waals surface area contributed by atoms with Crippen molar-refractivity contribution in [2.24, 2.45) is 5.92 Å². The molecule has 4 nitrogen and oxygen atoms in total. The second kappa shape index (κ2) is 6.27. The van der Waals surface area contributed by atoms with Crippen LogP contribution in [0.3, 0.4) is 0 Å². The summed E-state index contributed by atoms with van der Waals surface area (Å²) in [6, 6.07) is 1.73. The third-order valence-corrected chi connectivity index (χ3v) is 4.68. The molecule has 0 aromatic carbocycles. The van der Waals surface area contributed by atoms with Crippen LogP contribution in [0.4, 0.5) is 5.88 Å². The fraction of sp³-hybridized carbons (Fsp3) is 0.692. The fourth-order valence-corrected chi connectivity index (χ4v) is 3.28. The standard InChI is InChI=1S/C13H20N2O2S/c1-9-7-12(17-15-9)14-13(16)10(2)18-8-11-5-3-4-6-11/h7,10-11H,3-6,8H2,1-2H3,(H,14,16)/t10-/m1/s1. The minimum Gasteiger partial charge on any atom is -0.338 e. The number of aryl methyl sites for hydroxylation is 1. The predicted molar refractivity (Wildman–Crippen MR) is 73.7 cm³/mol. The second-order valence-electron chi connectivity index (χ2n) is 4.95. The molecule has 1 fully saturated rings. The molecule has 1 aromatic rings. The van der Waals surface area contributed by atoms with Crippen LogP contribution in [-0.4, -0.2) is 22.1 Å². The maximum atomic E-state index is 11.9. The maximum absolute atomic E-state index is 11.9. The summed E-state index contributed by atoms with van der Waals surface area (Å²) < 4.78 is 4.97. The van der Waals surface area contributed by atoms with Crippen molar-refractivity contribution in [3.05, 3.63) is 11.8 Å². The molecule has 1 N–H and O–H groups in total. The monoisotopic (exact) mass is 268 g/mol. The summed E-state index contributed by atoms with van der Waals surface area (Å²) >= 11 is 1.73. The van der Waals surface area contributed by atoms with Crippen LogP contribution in [0, 0.1) is 12.8 Å². The van der Waals surface area contributed by atoms with E-state index in [1.165, 1.54) is 25.7 Å². The molecule has 100 valence electrons. The molecular formula is C13H20N2O2S. The van der Waals surface area contributed by atoms with Crippen molar-refractivity contribution < 1.29 is 9.32 Å². The number of nitrogens with zero attached hydrogens (tertiary/aromatic N) is 1.